The summed E-state index contributed by atoms with van der Waals surface area (Å²) in [5.41, 5.74) is 6.93. The number of carbonyl (C=O) groups is 1. The van der Waals surface area contributed by atoms with Crippen LogP contribution in [0, 0.1) is 5.92 Å². The highest BCUT2D eigenvalue weighted by Crippen LogP contribution is 2.39. The number of nitrogens with zero attached hydrogens (tertiary/aromatic N) is 1. The Morgan fingerprint density at radius 1 is 1.53 bits per heavy atom. The molecule has 1 heterocycles. The molecule has 2 N–H and O–H groups in total. The van der Waals surface area contributed by atoms with Crippen LogP contribution in [-0.2, 0) is 11.2 Å². The molecule has 6 heteroatoms. The molecule has 0 amide bonds. The second-order valence-electron chi connectivity index (χ2n) is 4.10. The molecule has 1 aromatic heterocycles. The van der Waals surface area contributed by atoms with Gasteiger partial charge >= 0.3 is 5.97 Å². The summed E-state index contributed by atoms with van der Waals surface area (Å²) in [7, 11) is 1.27. The highest BCUT2D eigenvalue weighted by atomic mass is 35.5. The summed E-state index contributed by atoms with van der Waals surface area (Å²) < 4.78 is 4.60. The number of rotatable bonds is 3. The minimum absolute atomic E-state index is 0.0315. The predicted molar refractivity (Wildman–Crippen MR) is 66.4 cm³/mol. The number of ether oxygens (including phenoxy) is 1. The molecule has 17 heavy (non-hydrogen) atoms. The van der Waals surface area contributed by atoms with Crippen molar-refractivity contribution in [2.75, 3.05) is 12.8 Å². The van der Waals surface area contributed by atoms with Crippen LogP contribution in [0.4, 0.5) is 5.69 Å². The van der Waals surface area contributed by atoms with Gasteiger partial charge in [-0.3, -0.25) is 0 Å². The van der Waals surface area contributed by atoms with Gasteiger partial charge in [-0.05, 0) is 30.7 Å². The first-order valence-corrected chi connectivity index (χ1v) is 6.01. The van der Waals surface area contributed by atoms with Crippen LogP contribution < -0.4 is 5.73 Å². The van der Waals surface area contributed by atoms with E-state index in [1.165, 1.54) is 7.11 Å². The number of hydrogen-bond acceptors (Lipinski definition) is 4. The SMILES string of the molecule is COC(=O)c1nc(Cl)c(N)c(CC2CC2)c1Cl. The van der Waals surface area contributed by atoms with Crippen LogP contribution in [0.5, 0.6) is 0 Å². The molecule has 0 spiro atoms. The van der Waals surface area contributed by atoms with E-state index in [9.17, 15) is 4.79 Å². The van der Waals surface area contributed by atoms with Crippen LogP contribution in [0.2, 0.25) is 10.2 Å². The van der Waals surface area contributed by atoms with Gasteiger partial charge in [0, 0.05) is 0 Å². The Bertz CT molecular complexity index is 473. The van der Waals surface area contributed by atoms with E-state index < -0.39 is 5.97 Å². The summed E-state index contributed by atoms with van der Waals surface area (Å²) >= 11 is 12.0. The van der Waals surface area contributed by atoms with Gasteiger partial charge in [0.2, 0.25) is 0 Å². The number of pyridine rings is 1. The number of methoxy groups -OCH3 is 1. The molecule has 0 bridgehead atoms. The first-order valence-electron chi connectivity index (χ1n) is 5.26. The molecule has 0 saturated heterocycles. The smallest absolute Gasteiger partial charge is 0.358 e. The Morgan fingerprint density at radius 3 is 2.71 bits per heavy atom. The third-order valence-corrected chi connectivity index (χ3v) is 3.49. The third-order valence-electron chi connectivity index (χ3n) is 2.80. The molecule has 1 aromatic rings. The number of nitrogens with two attached hydrogens (primary N) is 1. The fraction of sp³-hybridized carbons (Fsp3) is 0.455. The van der Waals surface area contributed by atoms with Gasteiger partial charge in [0.15, 0.2) is 10.8 Å². The van der Waals surface area contributed by atoms with Crippen LogP contribution in [0.15, 0.2) is 0 Å². The molecule has 0 unspecified atom stereocenters. The zero-order valence-corrected chi connectivity index (χ0v) is 10.8. The summed E-state index contributed by atoms with van der Waals surface area (Å²) in [5, 5.41) is 0.358. The Morgan fingerprint density at radius 2 is 2.18 bits per heavy atom. The summed E-state index contributed by atoms with van der Waals surface area (Å²) in [4.78, 5) is 15.3. The molecular weight excluding hydrogens is 263 g/mol. The zero-order valence-electron chi connectivity index (χ0n) is 9.30. The Hall–Kier alpha value is -1.00. The number of anilines is 1. The van der Waals surface area contributed by atoms with Gasteiger partial charge in [-0.15, -0.1) is 0 Å². The van der Waals surface area contributed by atoms with Gasteiger partial charge in [0.05, 0.1) is 17.8 Å². The Kier molecular flexibility index (Phi) is 3.45. The lowest BCUT2D eigenvalue weighted by molar-refractivity contribution is 0.0594. The van der Waals surface area contributed by atoms with Crippen molar-refractivity contribution < 1.29 is 9.53 Å². The predicted octanol–water partition coefficient (Wildman–Crippen LogP) is 2.71. The number of nitrogen functional groups attached to an aromatic ring is 1. The van der Waals surface area contributed by atoms with Gasteiger partial charge < -0.3 is 10.5 Å². The fourth-order valence-electron chi connectivity index (χ4n) is 1.64. The number of aromatic nitrogens is 1. The summed E-state index contributed by atoms with van der Waals surface area (Å²) in [5.74, 6) is -0.0206. The average Bonchev–Trinajstić information content (AvgIpc) is 3.12. The lowest BCUT2D eigenvalue weighted by atomic mass is 10.1. The van der Waals surface area contributed by atoms with E-state index in [0.717, 1.165) is 19.3 Å². The van der Waals surface area contributed by atoms with Crippen LogP contribution in [0.25, 0.3) is 0 Å². The Balaban J connectivity index is 2.47. The maximum Gasteiger partial charge on any atom is 0.358 e. The number of halogens is 2. The van der Waals surface area contributed by atoms with Crippen molar-refractivity contribution in [2.24, 2.45) is 5.92 Å². The van der Waals surface area contributed by atoms with E-state index in [2.05, 4.69) is 9.72 Å². The molecule has 2 rings (SSSR count). The molecule has 0 aliphatic heterocycles. The summed E-state index contributed by atoms with van der Waals surface area (Å²) in [6, 6.07) is 0. The van der Waals surface area contributed by atoms with Gasteiger partial charge in [-0.2, -0.15) is 0 Å². The standard InChI is InChI=1S/C11H12Cl2N2O2/c1-17-11(16)9-7(12)6(4-5-2-3-5)8(14)10(13)15-9/h5H,2-4,14H2,1H3. The molecule has 0 radical (unpaired) electrons. The van der Waals surface area contributed by atoms with Gasteiger partial charge in [0.1, 0.15) is 0 Å². The van der Waals surface area contributed by atoms with E-state index in [0.29, 0.717) is 17.2 Å². The highest BCUT2D eigenvalue weighted by Gasteiger charge is 2.27. The molecule has 0 aromatic carbocycles. The molecular formula is C11H12Cl2N2O2. The van der Waals surface area contributed by atoms with E-state index in [-0.39, 0.29) is 15.9 Å². The fourth-order valence-corrected chi connectivity index (χ4v) is 2.13. The van der Waals surface area contributed by atoms with Crippen molar-refractivity contribution in [3.05, 3.63) is 21.4 Å². The first-order chi connectivity index (χ1) is 8.04. The number of hydrogen-bond donors (Lipinski definition) is 1. The van der Waals surface area contributed by atoms with Crippen molar-refractivity contribution in [3.8, 4) is 0 Å². The van der Waals surface area contributed by atoms with Crippen molar-refractivity contribution in [3.63, 3.8) is 0 Å². The first kappa shape index (κ1) is 12.5. The zero-order chi connectivity index (χ0) is 12.6. The molecule has 1 saturated carbocycles. The molecule has 4 nitrogen and oxygen atoms in total. The van der Waals surface area contributed by atoms with E-state index in [1.54, 1.807) is 0 Å². The van der Waals surface area contributed by atoms with Crippen LogP contribution >= 0.6 is 23.2 Å². The van der Waals surface area contributed by atoms with Gasteiger partial charge in [0.25, 0.3) is 0 Å². The monoisotopic (exact) mass is 274 g/mol. The van der Waals surface area contributed by atoms with E-state index >= 15 is 0 Å². The summed E-state index contributed by atoms with van der Waals surface area (Å²) in [6.45, 7) is 0. The lowest BCUT2D eigenvalue weighted by Gasteiger charge is -2.11. The van der Waals surface area contributed by atoms with Gasteiger partial charge in [-0.25, -0.2) is 9.78 Å². The molecule has 1 fully saturated rings. The minimum atomic E-state index is -0.603. The van der Waals surface area contributed by atoms with Crippen molar-refractivity contribution in [2.45, 2.75) is 19.3 Å². The average molecular weight is 275 g/mol. The number of esters is 1. The Labute approximate surface area is 109 Å². The van der Waals surface area contributed by atoms with E-state index in [4.69, 9.17) is 28.9 Å². The maximum atomic E-state index is 11.5. The van der Waals surface area contributed by atoms with Crippen molar-refractivity contribution in [1.29, 1.82) is 0 Å². The van der Waals surface area contributed by atoms with Crippen LogP contribution in [0.1, 0.15) is 28.9 Å². The van der Waals surface area contributed by atoms with Crippen molar-refractivity contribution in [1.82, 2.24) is 4.98 Å². The molecule has 0 atom stereocenters. The van der Waals surface area contributed by atoms with Crippen molar-refractivity contribution >= 4 is 34.9 Å². The normalized spacial score (nSPS) is 14.8. The summed E-state index contributed by atoms with van der Waals surface area (Å²) in [6.07, 6.45) is 3.05. The topological polar surface area (TPSA) is 65.2 Å². The maximum absolute atomic E-state index is 11.5. The van der Waals surface area contributed by atoms with Crippen LogP contribution in [-0.4, -0.2) is 18.1 Å². The lowest BCUT2D eigenvalue weighted by Crippen LogP contribution is -2.10. The second kappa shape index (κ2) is 4.70. The second-order valence-corrected chi connectivity index (χ2v) is 4.83. The molecule has 1 aliphatic rings. The quantitative estimate of drug-likeness (QED) is 0.680. The van der Waals surface area contributed by atoms with Gasteiger partial charge in [-0.1, -0.05) is 23.2 Å². The minimum Gasteiger partial charge on any atom is -0.464 e. The highest BCUT2D eigenvalue weighted by molar-refractivity contribution is 6.36. The van der Waals surface area contributed by atoms with E-state index in [1.807, 2.05) is 0 Å². The third kappa shape index (κ3) is 2.48. The number of carbonyl (C=O) groups excluding carboxylic acids is 1. The molecule has 92 valence electrons. The molecule has 1 aliphatic carbocycles. The largest absolute Gasteiger partial charge is 0.464 e. The van der Waals surface area contributed by atoms with Crippen LogP contribution in [0.3, 0.4) is 0 Å².